The molecule has 2 heterocycles. The Labute approximate surface area is 129 Å². The molecule has 0 aliphatic carbocycles. The summed E-state index contributed by atoms with van der Waals surface area (Å²) in [5.74, 6) is 0. The summed E-state index contributed by atoms with van der Waals surface area (Å²) in [6.07, 6.45) is 1.81. The summed E-state index contributed by atoms with van der Waals surface area (Å²) in [5.41, 5.74) is 1.75. The van der Waals surface area contributed by atoms with Crippen LogP contribution in [0, 0.1) is 0 Å². The van der Waals surface area contributed by atoms with Crippen LogP contribution in [-0.4, -0.2) is 46.2 Å². The third-order valence-corrected chi connectivity index (χ3v) is 3.39. The number of fused-ring (bicyclic) bond motifs is 1. The molecular weight excluding hydrogens is 292 g/mol. The minimum atomic E-state index is 0.0479. The maximum Gasteiger partial charge on any atom is 0.159 e. The van der Waals surface area contributed by atoms with Crippen molar-refractivity contribution in [2.24, 2.45) is 0 Å². The van der Waals surface area contributed by atoms with E-state index in [1.807, 2.05) is 16.9 Å². The van der Waals surface area contributed by atoms with Crippen molar-refractivity contribution in [1.82, 2.24) is 20.1 Å². The summed E-state index contributed by atoms with van der Waals surface area (Å²) >= 11 is 6.24. The van der Waals surface area contributed by atoms with Gasteiger partial charge in [0.15, 0.2) is 5.65 Å². The van der Waals surface area contributed by atoms with E-state index in [1.54, 1.807) is 0 Å². The number of rotatable bonds is 8. The number of ether oxygens (including phenoxy) is 1. The van der Waals surface area contributed by atoms with E-state index >= 15 is 0 Å². The Morgan fingerprint density at radius 2 is 2.24 bits per heavy atom. The van der Waals surface area contributed by atoms with Crippen molar-refractivity contribution in [2.45, 2.75) is 26.4 Å². The molecule has 0 bridgehead atoms. The van der Waals surface area contributed by atoms with E-state index in [1.165, 1.54) is 0 Å². The fraction of sp³-hybridized carbons (Fsp3) is 0.571. The molecule has 0 unspecified atom stereocenters. The monoisotopic (exact) mass is 312 g/mol. The molecule has 0 aromatic carbocycles. The molecular formula is C14H21ClN4O2. The molecule has 0 atom stereocenters. The predicted octanol–water partition coefficient (Wildman–Crippen LogP) is 1.76. The van der Waals surface area contributed by atoms with E-state index in [0.717, 1.165) is 16.6 Å². The van der Waals surface area contributed by atoms with Crippen LogP contribution in [0.3, 0.4) is 0 Å². The van der Waals surface area contributed by atoms with Gasteiger partial charge in [-0.1, -0.05) is 11.6 Å². The summed E-state index contributed by atoms with van der Waals surface area (Å²) in [7, 11) is 0. The number of aliphatic hydroxyl groups is 1. The van der Waals surface area contributed by atoms with E-state index in [0.29, 0.717) is 31.5 Å². The zero-order chi connectivity index (χ0) is 15.2. The average Bonchev–Trinajstić information content (AvgIpc) is 2.85. The highest BCUT2D eigenvalue weighted by molar-refractivity contribution is 6.30. The molecule has 0 saturated heterocycles. The Bertz CT molecular complexity index is 586. The molecule has 0 aliphatic rings. The number of aromatic nitrogens is 3. The first-order valence-corrected chi connectivity index (χ1v) is 7.43. The van der Waals surface area contributed by atoms with E-state index in [-0.39, 0.29) is 12.6 Å². The topological polar surface area (TPSA) is 72.2 Å². The van der Waals surface area contributed by atoms with Gasteiger partial charge in [-0.25, -0.2) is 9.67 Å². The van der Waals surface area contributed by atoms with E-state index < -0.39 is 0 Å². The fourth-order valence-electron chi connectivity index (χ4n) is 2.03. The van der Waals surface area contributed by atoms with Gasteiger partial charge >= 0.3 is 0 Å². The molecule has 0 radical (unpaired) electrons. The molecule has 2 aromatic heterocycles. The number of nitrogens with zero attached hydrogens (tertiary/aromatic N) is 3. The van der Waals surface area contributed by atoms with Crippen LogP contribution in [0.1, 0.15) is 25.5 Å². The maximum absolute atomic E-state index is 8.60. The first-order chi connectivity index (χ1) is 10.1. The number of nitrogens with one attached hydrogen (secondary N) is 1. The molecule has 0 saturated carbocycles. The van der Waals surface area contributed by atoms with Gasteiger partial charge in [0, 0.05) is 30.1 Å². The number of hydrogen-bond acceptors (Lipinski definition) is 5. The normalized spacial score (nSPS) is 11.7. The smallest absolute Gasteiger partial charge is 0.159 e. The summed E-state index contributed by atoms with van der Waals surface area (Å²) in [5, 5.41) is 17.7. The molecule has 2 aromatic rings. The lowest BCUT2D eigenvalue weighted by Gasteiger charge is -2.09. The number of pyridine rings is 1. The highest BCUT2D eigenvalue weighted by atomic mass is 35.5. The van der Waals surface area contributed by atoms with Gasteiger partial charge in [0.2, 0.25) is 0 Å². The van der Waals surface area contributed by atoms with Gasteiger partial charge in [-0.05, 0) is 19.9 Å². The minimum absolute atomic E-state index is 0.0479. The van der Waals surface area contributed by atoms with Crippen LogP contribution in [0.15, 0.2) is 12.3 Å². The standard InChI is InChI=1S/C14H21ClN4O2/c1-10(2)19-14-12(9-17-19)7-11(13(15)18-14)8-16-3-5-21-6-4-20/h7,9-10,16,20H,3-6,8H2,1-2H3. The second kappa shape index (κ2) is 7.70. The second-order valence-corrected chi connectivity index (χ2v) is 5.40. The SMILES string of the molecule is CC(C)n1ncc2cc(CNCCOCCO)c(Cl)nc21. The molecule has 116 valence electrons. The van der Waals surface area contributed by atoms with Crippen LogP contribution in [0.5, 0.6) is 0 Å². The molecule has 7 heteroatoms. The summed E-state index contributed by atoms with van der Waals surface area (Å²) in [6, 6.07) is 2.26. The number of aliphatic hydroxyl groups excluding tert-OH is 1. The van der Waals surface area contributed by atoms with E-state index in [2.05, 4.69) is 29.2 Å². The molecule has 0 amide bonds. The van der Waals surface area contributed by atoms with Gasteiger partial charge in [0.05, 0.1) is 26.0 Å². The molecule has 0 spiro atoms. The molecule has 2 N–H and O–H groups in total. The molecule has 0 aliphatic heterocycles. The van der Waals surface area contributed by atoms with Crippen molar-refractivity contribution in [2.75, 3.05) is 26.4 Å². The Morgan fingerprint density at radius 1 is 1.43 bits per heavy atom. The Morgan fingerprint density at radius 3 is 2.95 bits per heavy atom. The maximum atomic E-state index is 8.60. The van der Waals surface area contributed by atoms with Gasteiger partial charge in [-0.3, -0.25) is 0 Å². The first kappa shape index (κ1) is 16.2. The van der Waals surface area contributed by atoms with Gasteiger partial charge in [0.1, 0.15) is 5.15 Å². The highest BCUT2D eigenvalue weighted by Crippen LogP contribution is 2.22. The summed E-state index contributed by atoms with van der Waals surface area (Å²) in [4.78, 5) is 4.45. The number of halogens is 1. The number of hydrogen-bond donors (Lipinski definition) is 2. The van der Waals surface area contributed by atoms with Crippen LogP contribution in [0.2, 0.25) is 5.15 Å². The first-order valence-electron chi connectivity index (χ1n) is 7.05. The van der Waals surface area contributed by atoms with Gasteiger partial charge in [0.25, 0.3) is 0 Å². The van der Waals surface area contributed by atoms with Crippen molar-refractivity contribution in [1.29, 1.82) is 0 Å². The van der Waals surface area contributed by atoms with Gasteiger partial charge in [-0.2, -0.15) is 5.10 Å². The van der Waals surface area contributed by atoms with E-state index in [4.69, 9.17) is 21.4 Å². The van der Waals surface area contributed by atoms with Gasteiger partial charge in [-0.15, -0.1) is 0 Å². The van der Waals surface area contributed by atoms with Crippen molar-refractivity contribution in [3.05, 3.63) is 23.0 Å². The lowest BCUT2D eigenvalue weighted by Crippen LogP contribution is -2.20. The summed E-state index contributed by atoms with van der Waals surface area (Å²) in [6.45, 7) is 6.40. The Balaban J connectivity index is 1.99. The molecule has 6 nitrogen and oxygen atoms in total. The van der Waals surface area contributed by atoms with Crippen molar-refractivity contribution in [3.8, 4) is 0 Å². The zero-order valence-corrected chi connectivity index (χ0v) is 13.1. The second-order valence-electron chi connectivity index (χ2n) is 5.05. The van der Waals surface area contributed by atoms with Crippen LogP contribution >= 0.6 is 11.6 Å². The van der Waals surface area contributed by atoms with Crippen molar-refractivity contribution in [3.63, 3.8) is 0 Å². The third kappa shape index (κ3) is 4.14. The molecule has 0 fully saturated rings. The van der Waals surface area contributed by atoms with Gasteiger partial charge < -0.3 is 15.2 Å². The minimum Gasteiger partial charge on any atom is -0.394 e. The van der Waals surface area contributed by atoms with Crippen LogP contribution in [-0.2, 0) is 11.3 Å². The van der Waals surface area contributed by atoms with Crippen LogP contribution < -0.4 is 5.32 Å². The lowest BCUT2D eigenvalue weighted by atomic mass is 10.2. The largest absolute Gasteiger partial charge is 0.394 e. The third-order valence-electron chi connectivity index (χ3n) is 3.06. The average molecular weight is 313 g/mol. The molecule has 21 heavy (non-hydrogen) atoms. The highest BCUT2D eigenvalue weighted by Gasteiger charge is 2.11. The Hall–Kier alpha value is -1.21. The molecule has 2 rings (SSSR count). The van der Waals surface area contributed by atoms with Crippen LogP contribution in [0.25, 0.3) is 11.0 Å². The van der Waals surface area contributed by atoms with Crippen molar-refractivity contribution >= 4 is 22.6 Å². The van der Waals surface area contributed by atoms with E-state index in [9.17, 15) is 0 Å². The van der Waals surface area contributed by atoms with Crippen LogP contribution in [0.4, 0.5) is 0 Å². The lowest BCUT2D eigenvalue weighted by molar-refractivity contribution is 0.0938. The van der Waals surface area contributed by atoms with Crippen molar-refractivity contribution < 1.29 is 9.84 Å². The predicted molar refractivity (Wildman–Crippen MR) is 82.5 cm³/mol. The quantitative estimate of drug-likeness (QED) is 0.574. The zero-order valence-electron chi connectivity index (χ0n) is 12.3. The Kier molecular flexibility index (Phi) is 5.93. The fourth-order valence-corrected chi connectivity index (χ4v) is 2.24. The summed E-state index contributed by atoms with van der Waals surface area (Å²) < 4.78 is 7.04.